The van der Waals surface area contributed by atoms with Gasteiger partial charge in [0, 0.05) is 23.2 Å². The van der Waals surface area contributed by atoms with E-state index in [4.69, 9.17) is 0 Å². The number of benzene rings is 2. The molecule has 3 rings (SSSR count). The van der Waals surface area contributed by atoms with Crippen LogP contribution in [0.3, 0.4) is 0 Å². The van der Waals surface area contributed by atoms with Crippen molar-refractivity contribution in [2.24, 2.45) is 7.05 Å². The van der Waals surface area contributed by atoms with Crippen LogP contribution in [0.5, 0.6) is 0 Å². The molecule has 0 amide bonds. The molecule has 1 heterocycles. The van der Waals surface area contributed by atoms with Gasteiger partial charge in [0.15, 0.2) is 0 Å². The van der Waals surface area contributed by atoms with E-state index in [0.29, 0.717) is 21.5 Å². The number of nitrogens with zero attached hydrogens (tertiary/aromatic N) is 2. The normalized spacial score (nSPS) is 10.9. The maximum Gasteiger partial charge on any atom is 0.147 e. The Morgan fingerprint density at radius 1 is 1.08 bits per heavy atom. The molecule has 0 aliphatic rings. The highest BCUT2D eigenvalue weighted by Crippen LogP contribution is 2.37. The van der Waals surface area contributed by atoms with Gasteiger partial charge in [0.05, 0.1) is 16.9 Å². The van der Waals surface area contributed by atoms with Gasteiger partial charge in [0.25, 0.3) is 0 Å². The van der Waals surface area contributed by atoms with Gasteiger partial charge >= 0.3 is 0 Å². The summed E-state index contributed by atoms with van der Waals surface area (Å²) in [5.41, 5.74) is 1.39. The molecule has 124 valence electrons. The van der Waals surface area contributed by atoms with Crippen LogP contribution in [0.2, 0.25) is 0 Å². The topological polar surface area (TPSA) is 29.9 Å². The first-order chi connectivity index (χ1) is 11.4. The number of para-hydroxylation sites is 1. The highest BCUT2D eigenvalue weighted by molar-refractivity contribution is 9.10. The van der Waals surface area contributed by atoms with Crippen molar-refractivity contribution in [3.8, 4) is 11.1 Å². The van der Waals surface area contributed by atoms with E-state index in [2.05, 4.69) is 26.3 Å². The molecule has 0 bridgehead atoms. The standard InChI is InChI=1S/C17H13BrF3N3/c1-9-15(11-7-6-10(19)8-14(11)21)17(24(2)23-9)22-16-12(18)4-3-5-13(16)20/h3-8,22H,1-2H3. The summed E-state index contributed by atoms with van der Waals surface area (Å²) in [6, 6.07) is 7.90. The van der Waals surface area contributed by atoms with E-state index >= 15 is 0 Å². The van der Waals surface area contributed by atoms with Crippen LogP contribution in [0.15, 0.2) is 40.9 Å². The third-order valence-corrected chi connectivity index (χ3v) is 4.29. The molecule has 0 saturated carbocycles. The number of aromatic nitrogens is 2. The zero-order chi connectivity index (χ0) is 17.4. The zero-order valence-electron chi connectivity index (χ0n) is 12.9. The van der Waals surface area contributed by atoms with Crippen LogP contribution in [-0.2, 0) is 7.05 Å². The second-order valence-corrected chi connectivity index (χ2v) is 6.13. The first kappa shape index (κ1) is 16.6. The monoisotopic (exact) mass is 395 g/mol. The van der Waals surface area contributed by atoms with E-state index in [0.717, 1.165) is 6.07 Å². The molecule has 1 N–H and O–H groups in total. The van der Waals surface area contributed by atoms with E-state index < -0.39 is 17.5 Å². The van der Waals surface area contributed by atoms with Crippen LogP contribution in [0.4, 0.5) is 24.7 Å². The fraction of sp³-hybridized carbons (Fsp3) is 0.118. The number of hydrogen-bond acceptors (Lipinski definition) is 2. The molecular weight excluding hydrogens is 383 g/mol. The van der Waals surface area contributed by atoms with Crippen LogP contribution < -0.4 is 5.32 Å². The highest BCUT2D eigenvalue weighted by Gasteiger charge is 2.20. The Hall–Kier alpha value is -2.28. The fourth-order valence-corrected chi connectivity index (χ4v) is 2.99. The molecule has 0 aliphatic carbocycles. The van der Waals surface area contributed by atoms with Crippen LogP contribution in [0, 0.1) is 24.4 Å². The Morgan fingerprint density at radius 2 is 1.83 bits per heavy atom. The lowest BCUT2D eigenvalue weighted by atomic mass is 10.0. The Balaban J connectivity index is 2.16. The summed E-state index contributed by atoms with van der Waals surface area (Å²) in [5, 5.41) is 7.22. The van der Waals surface area contributed by atoms with Crippen LogP contribution in [-0.4, -0.2) is 9.78 Å². The quantitative estimate of drug-likeness (QED) is 0.650. The summed E-state index contributed by atoms with van der Waals surface area (Å²) in [7, 11) is 1.66. The smallest absolute Gasteiger partial charge is 0.147 e. The van der Waals surface area contributed by atoms with Crippen LogP contribution in [0.1, 0.15) is 5.69 Å². The van der Waals surface area contributed by atoms with Gasteiger partial charge in [0.1, 0.15) is 23.3 Å². The Morgan fingerprint density at radius 3 is 2.50 bits per heavy atom. The molecule has 0 unspecified atom stereocenters. The molecule has 3 nitrogen and oxygen atoms in total. The van der Waals surface area contributed by atoms with Crippen molar-refractivity contribution in [1.29, 1.82) is 0 Å². The van der Waals surface area contributed by atoms with Crippen molar-refractivity contribution in [2.75, 3.05) is 5.32 Å². The number of halogens is 4. The zero-order valence-corrected chi connectivity index (χ0v) is 14.5. The van der Waals surface area contributed by atoms with Gasteiger partial charge in [-0.3, -0.25) is 4.68 Å². The van der Waals surface area contributed by atoms with E-state index in [1.165, 1.54) is 22.9 Å². The van der Waals surface area contributed by atoms with E-state index in [-0.39, 0.29) is 11.3 Å². The molecule has 0 spiro atoms. The Kier molecular flexibility index (Phi) is 4.36. The summed E-state index contributed by atoms with van der Waals surface area (Å²) < 4.78 is 43.5. The highest BCUT2D eigenvalue weighted by atomic mass is 79.9. The number of aryl methyl sites for hydroxylation is 2. The first-order valence-electron chi connectivity index (χ1n) is 7.08. The molecule has 7 heteroatoms. The third-order valence-electron chi connectivity index (χ3n) is 3.63. The molecular formula is C17H13BrF3N3. The van der Waals surface area contributed by atoms with Crippen molar-refractivity contribution in [3.05, 3.63) is 64.0 Å². The van der Waals surface area contributed by atoms with Gasteiger partial charge in [-0.05, 0) is 47.1 Å². The summed E-state index contributed by atoms with van der Waals surface area (Å²) >= 11 is 3.28. The van der Waals surface area contributed by atoms with Crippen LogP contribution >= 0.6 is 15.9 Å². The average molecular weight is 396 g/mol. The summed E-state index contributed by atoms with van der Waals surface area (Å²) in [4.78, 5) is 0. The van der Waals surface area contributed by atoms with E-state index in [1.807, 2.05) is 0 Å². The molecule has 3 aromatic rings. The van der Waals surface area contributed by atoms with Gasteiger partial charge in [-0.25, -0.2) is 13.2 Å². The maximum absolute atomic E-state index is 14.2. The predicted molar refractivity (Wildman–Crippen MR) is 90.7 cm³/mol. The molecule has 0 atom stereocenters. The summed E-state index contributed by atoms with van der Waals surface area (Å²) in [5.74, 6) is -1.43. The Bertz CT molecular complexity index is 901. The minimum absolute atomic E-state index is 0.192. The number of nitrogens with one attached hydrogen (secondary N) is 1. The molecule has 0 radical (unpaired) electrons. The van der Waals surface area contributed by atoms with E-state index in [9.17, 15) is 13.2 Å². The summed E-state index contributed by atoms with van der Waals surface area (Å²) in [6.45, 7) is 1.71. The van der Waals surface area contributed by atoms with Crippen molar-refractivity contribution in [2.45, 2.75) is 6.92 Å². The van der Waals surface area contributed by atoms with Gasteiger partial charge < -0.3 is 5.32 Å². The Labute approximate surface area is 145 Å². The molecule has 0 fully saturated rings. The van der Waals surface area contributed by atoms with Gasteiger partial charge in [-0.15, -0.1) is 0 Å². The summed E-state index contributed by atoms with van der Waals surface area (Å²) in [6.07, 6.45) is 0. The van der Waals surface area contributed by atoms with Crippen molar-refractivity contribution in [1.82, 2.24) is 9.78 Å². The van der Waals surface area contributed by atoms with E-state index in [1.54, 1.807) is 26.1 Å². The second kappa shape index (κ2) is 6.32. The molecule has 24 heavy (non-hydrogen) atoms. The molecule has 0 saturated heterocycles. The predicted octanol–water partition coefficient (Wildman–Crippen LogP) is 5.32. The lowest BCUT2D eigenvalue weighted by Gasteiger charge is -2.13. The lowest BCUT2D eigenvalue weighted by molar-refractivity contribution is 0.585. The number of anilines is 2. The van der Waals surface area contributed by atoms with Crippen molar-refractivity contribution < 1.29 is 13.2 Å². The molecule has 0 aliphatic heterocycles. The van der Waals surface area contributed by atoms with Crippen LogP contribution in [0.25, 0.3) is 11.1 Å². The average Bonchev–Trinajstić information content (AvgIpc) is 2.77. The minimum Gasteiger partial charge on any atom is -0.337 e. The maximum atomic E-state index is 14.2. The molecule has 2 aromatic carbocycles. The van der Waals surface area contributed by atoms with Gasteiger partial charge in [0.2, 0.25) is 0 Å². The first-order valence-corrected chi connectivity index (χ1v) is 7.88. The number of rotatable bonds is 3. The number of hydrogen-bond donors (Lipinski definition) is 1. The minimum atomic E-state index is -0.707. The van der Waals surface area contributed by atoms with Gasteiger partial charge in [-0.1, -0.05) is 6.07 Å². The SMILES string of the molecule is Cc1nn(C)c(Nc2c(F)cccc2Br)c1-c1ccc(F)cc1F. The van der Waals surface area contributed by atoms with Crippen molar-refractivity contribution >= 4 is 27.4 Å². The molecule has 1 aromatic heterocycles. The third kappa shape index (κ3) is 2.91. The lowest BCUT2D eigenvalue weighted by Crippen LogP contribution is -2.03. The van der Waals surface area contributed by atoms with Crippen molar-refractivity contribution in [3.63, 3.8) is 0 Å². The van der Waals surface area contributed by atoms with Gasteiger partial charge in [-0.2, -0.15) is 5.10 Å². The second-order valence-electron chi connectivity index (χ2n) is 5.28. The fourth-order valence-electron chi connectivity index (χ4n) is 2.55. The largest absolute Gasteiger partial charge is 0.337 e.